The number of alkyl halides is 3. The standard InChI is InChI=1S/C19H20ClF3N2O2S/c1-12-4-6-15(27-12)11-25(10-14-3-2-8-26-14)18(28)24-13-5-7-17(20)16(9-13)19(21,22)23/h4-7,9,14H,2-3,8,10-11H2,1H3,(H,24,28). The highest BCUT2D eigenvalue weighted by molar-refractivity contribution is 7.80. The molecule has 0 radical (unpaired) electrons. The van der Waals surface area contributed by atoms with E-state index >= 15 is 0 Å². The summed E-state index contributed by atoms with van der Waals surface area (Å²) in [6.07, 6.45) is -2.63. The molecular formula is C19H20ClF3N2O2S. The number of benzene rings is 1. The summed E-state index contributed by atoms with van der Waals surface area (Å²) in [6.45, 7) is 3.45. The van der Waals surface area contributed by atoms with E-state index in [-0.39, 0.29) is 16.8 Å². The summed E-state index contributed by atoms with van der Waals surface area (Å²) >= 11 is 11.2. The molecule has 2 heterocycles. The first-order chi connectivity index (χ1) is 13.2. The molecule has 1 aromatic heterocycles. The lowest BCUT2D eigenvalue weighted by Gasteiger charge is -2.27. The van der Waals surface area contributed by atoms with Crippen LogP contribution < -0.4 is 5.32 Å². The lowest BCUT2D eigenvalue weighted by molar-refractivity contribution is -0.137. The second-order valence-electron chi connectivity index (χ2n) is 6.65. The molecule has 0 spiro atoms. The average Bonchev–Trinajstić information content (AvgIpc) is 3.27. The molecule has 0 aliphatic carbocycles. The van der Waals surface area contributed by atoms with E-state index in [1.54, 1.807) is 0 Å². The molecule has 1 unspecified atom stereocenters. The van der Waals surface area contributed by atoms with E-state index in [0.29, 0.717) is 30.6 Å². The van der Waals surface area contributed by atoms with Crippen LogP contribution in [0.1, 0.15) is 29.9 Å². The lowest BCUT2D eigenvalue weighted by atomic mass is 10.2. The molecule has 4 nitrogen and oxygen atoms in total. The van der Waals surface area contributed by atoms with Crippen molar-refractivity contribution in [1.82, 2.24) is 4.90 Å². The Morgan fingerprint density at radius 1 is 1.32 bits per heavy atom. The minimum absolute atomic E-state index is 0.0202. The fourth-order valence-electron chi connectivity index (χ4n) is 3.03. The summed E-state index contributed by atoms with van der Waals surface area (Å²) in [7, 11) is 0. The van der Waals surface area contributed by atoms with E-state index in [4.69, 9.17) is 33.0 Å². The zero-order valence-electron chi connectivity index (χ0n) is 15.2. The molecule has 9 heteroatoms. The van der Waals surface area contributed by atoms with Crippen LogP contribution in [0.15, 0.2) is 34.7 Å². The van der Waals surface area contributed by atoms with Gasteiger partial charge in [-0.05, 0) is 62.3 Å². The predicted molar refractivity (Wildman–Crippen MR) is 106 cm³/mol. The number of ether oxygens (including phenoxy) is 1. The van der Waals surface area contributed by atoms with Crippen LogP contribution >= 0.6 is 23.8 Å². The van der Waals surface area contributed by atoms with Crippen molar-refractivity contribution in [1.29, 1.82) is 0 Å². The summed E-state index contributed by atoms with van der Waals surface area (Å²) in [5, 5.41) is 2.82. The molecule has 3 rings (SSSR count). The van der Waals surface area contributed by atoms with Gasteiger partial charge in [0.1, 0.15) is 11.5 Å². The summed E-state index contributed by atoms with van der Waals surface area (Å²) in [5.74, 6) is 1.49. The maximum absolute atomic E-state index is 13.1. The first-order valence-corrected chi connectivity index (χ1v) is 9.60. The summed E-state index contributed by atoms with van der Waals surface area (Å²) in [4.78, 5) is 1.84. The SMILES string of the molecule is Cc1ccc(CN(CC2CCCO2)C(=S)Nc2ccc(Cl)c(C(F)(F)F)c2)o1. The van der Waals surface area contributed by atoms with Gasteiger partial charge in [-0.2, -0.15) is 13.2 Å². The van der Waals surface area contributed by atoms with E-state index in [2.05, 4.69) is 5.32 Å². The summed E-state index contributed by atoms with van der Waals surface area (Å²) < 4.78 is 50.6. The Hall–Kier alpha value is -1.77. The minimum atomic E-state index is -4.54. The number of aryl methyl sites for hydroxylation is 1. The zero-order chi connectivity index (χ0) is 20.3. The van der Waals surface area contributed by atoms with E-state index in [1.807, 2.05) is 24.0 Å². The second-order valence-corrected chi connectivity index (χ2v) is 7.44. The van der Waals surface area contributed by atoms with Gasteiger partial charge in [0.15, 0.2) is 5.11 Å². The van der Waals surface area contributed by atoms with Crippen LogP contribution in [0.25, 0.3) is 0 Å². The van der Waals surface area contributed by atoms with Crippen molar-refractivity contribution in [3.05, 3.63) is 52.4 Å². The second kappa shape index (κ2) is 8.71. The van der Waals surface area contributed by atoms with E-state index < -0.39 is 11.7 Å². The van der Waals surface area contributed by atoms with Crippen LogP contribution in [-0.2, 0) is 17.5 Å². The maximum Gasteiger partial charge on any atom is 0.417 e. The number of nitrogens with zero attached hydrogens (tertiary/aromatic N) is 1. The summed E-state index contributed by atoms with van der Waals surface area (Å²) in [6, 6.07) is 7.33. The zero-order valence-corrected chi connectivity index (χ0v) is 16.8. The fourth-order valence-corrected chi connectivity index (χ4v) is 3.52. The number of hydrogen-bond donors (Lipinski definition) is 1. The van der Waals surface area contributed by atoms with Gasteiger partial charge in [0, 0.05) is 18.8 Å². The molecule has 28 heavy (non-hydrogen) atoms. The maximum atomic E-state index is 13.1. The van der Waals surface area contributed by atoms with Crippen molar-refractivity contribution in [2.45, 2.75) is 38.6 Å². The van der Waals surface area contributed by atoms with Gasteiger partial charge in [-0.1, -0.05) is 11.6 Å². The molecule has 1 aliphatic heterocycles. The molecule has 1 aromatic carbocycles. The van der Waals surface area contributed by atoms with Crippen LogP contribution in [0, 0.1) is 6.92 Å². The molecule has 0 saturated carbocycles. The van der Waals surface area contributed by atoms with Crippen molar-refractivity contribution < 1.29 is 22.3 Å². The van der Waals surface area contributed by atoms with Gasteiger partial charge >= 0.3 is 6.18 Å². The Morgan fingerprint density at radius 3 is 2.71 bits per heavy atom. The van der Waals surface area contributed by atoms with Crippen molar-refractivity contribution in [2.75, 3.05) is 18.5 Å². The Kier molecular flexibility index (Phi) is 6.52. The molecule has 1 fully saturated rings. The normalized spacial score (nSPS) is 17.0. The first-order valence-electron chi connectivity index (χ1n) is 8.82. The third-order valence-electron chi connectivity index (χ3n) is 4.40. The van der Waals surface area contributed by atoms with Gasteiger partial charge in [-0.3, -0.25) is 0 Å². The molecule has 1 saturated heterocycles. The van der Waals surface area contributed by atoms with Gasteiger partial charge < -0.3 is 19.4 Å². The number of furan rings is 1. The molecule has 2 aromatic rings. The van der Waals surface area contributed by atoms with E-state index in [1.165, 1.54) is 12.1 Å². The molecule has 1 atom stereocenters. The van der Waals surface area contributed by atoms with E-state index in [0.717, 1.165) is 24.7 Å². The van der Waals surface area contributed by atoms with Crippen molar-refractivity contribution in [2.24, 2.45) is 0 Å². The van der Waals surface area contributed by atoms with Gasteiger partial charge in [-0.25, -0.2) is 0 Å². The van der Waals surface area contributed by atoms with Gasteiger partial charge in [0.05, 0.1) is 23.2 Å². The third kappa shape index (κ3) is 5.40. The highest BCUT2D eigenvalue weighted by atomic mass is 35.5. The quantitative estimate of drug-likeness (QED) is 0.619. The summed E-state index contributed by atoms with van der Waals surface area (Å²) in [5.41, 5.74) is -0.691. The van der Waals surface area contributed by atoms with Crippen LogP contribution in [0.5, 0.6) is 0 Å². The molecule has 1 aliphatic rings. The smallest absolute Gasteiger partial charge is 0.417 e. The Bertz CT molecular complexity index is 835. The van der Waals surface area contributed by atoms with Crippen molar-refractivity contribution in [3.63, 3.8) is 0 Å². The van der Waals surface area contributed by atoms with Crippen LogP contribution in [0.4, 0.5) is 18.9 Å². The largest absolute Gasteiger partial charge is 0.464 e. The molecule has 1 N–H and O–H groups in total. The molecule has 0 amide bonds. The Morgan fingerprint density at radius 2 is 2.11 bits per heavy atom. The van der Waals surface area contributed by atoms with Crippen LogP contribution in [0.2, 0.25) is 5.02 Å². The number of nitrogens with one attached hydrogen (secondary N) is 1. The van der Waals surface area contributed by atoms with Gasteiger partial charge in [0.25, 0.3) is 0 Å². The van der Waals surface area contributed by atoms with Crippen LogP contribution in [0.3, 0.4) is 0 Å². The first kappa shape index (κ1) is 21.0. The Balaban J connectivity index is 1.76. The number of thiocarbonyl (C=S) groups is 1. The van der Waals surface area contributed by atoms with Crippen molar-refractivity contribution >= 4 is 34.6 Å². The highest BCUT2D eigenvalue weighted by Crippen LogP contribution is 2.36. The lowest BCUT2D eigenvalue weighted by Crippen LogP contribution is -2.39. The van der Waals surface area contributed by atoms with Crippen molar-refractivity contribution in [3.8, 4) is 0 Å². The molecular weight excluding hydrogens is 413 g/mol. The van der Waals surface area contributed by atoms with Crippen LogP contribution in [-0.4, -0.2) is 29.3 Å². The Labute approximate surface area is 171 Å². The molecule has 0 bridgehead atoms. The number of anilines is 1. The third-order valence-corrected chi connectivity index (χ3v) is 5.09. The minimum Gasteiger partial charge on any atom is -0.464 e. The number of halogens is 4. The van der Waals surface area contributed by atoms with Gasteiger partial charge in [-0.15, -0.1) is 0 Å². The average molecular weight is 433 g/mol. The topological polar surface area (TPSA) is 37.6 Å². The monoisotopic (exact) mass is 432 g/mol. The molecule has 152 valence electrons. The van der Waals surface area contributed by atoms with Gasteiger partial charge in [0.2, 0.25) is 0 Å². The predicted octanol–water partition coefficient (Wildman–Crippen LogP) is 5.64. The number of rotatable bonds is 5. The van der Waals surface area contributed by atoms with E-state index in [9.17, 15) is 13.2 Å². The highest BCUT2D eigenvalue weighted by Gasteiger charge is 2.33. The fraction of sp³-hybridized carbons (Fsp3) is 0.421. The number of hydrogen-bond acceptors (Lipinski definition) is 3.